The van der Waals surface area contributed by atoms with Gasteiger partial charge in [0.05, 0.1) is 11.3 Å². The van der Waals surface area contributed by atoms with Crippen molar-refractivity contribution in [3.8, 4) is 22.5 Å². The van der Waals surface area contributed by atoms with Crippen molar-refractivity contribution in [2.75, 3.05) is 6.54 Å². The van der Waals surface area contributed by atoms with E-state index >= 15 is 0 Å². The zero-order valence-corrected chi connectivity index (χ0v) is 25.6. The number of nitrogens with zero attached hydrogens (tertiary/aromatic N) is 3. The van der Waals surface area contributed by atoms with Gasteiger partial charge < -0.3 is 9.88 Å². The molecule has 1 N–H and O–H groups in total. The van der Waals surface area contributed by atoms with E-state index in [0.29, 0.717) is 18.4 Å². The Balaban J connectivity index is 1.79. The largest absolute Gasteiger partial charge is 0.352 e. The first-order chi connectivity index (χ1) is 18.5. The van der Waals surface area contributed by atoms with Crippen molar-refractivity contribution in [3.05, 3.63) is 53.3 Å². The van der Waals surface area contributed by atoms with Crippen molar-refractivity contribution in [2.24, 2.45) is 11.8 Å². The highest BCUT2D eigenvalue weighted by atomic mass is 16.1. The van der Waals surface area contributed by atoms with E-state index in [2.05, 4.69) is 105 Å². The molecule has 1 saturated carbocycles. The van der Waals surface area contributed by atoms with Gasteiger partial charge in [0.1, 0.15) is 0 Å². The second-order valence-electron chi connectivity index (χ2n) is 13.3. The van der Waals surface area contributed by atoms with Crippen LogP contribution in [0.25, 0.3) is 22.5 Å². The highest BCUT2D eigenvalue weighted by molar-refractivity contribution is 5.97. The Bertz CT molecular complexity index is 1260. The van der Waals surface area contributed by atoms with Crippen LogP contribution in [0.1, 0.15) is 115 Å². The maximum atomic E-state index is 13.3. The van der Waals surface area contributed by atoms with Gasteiger partial charge in [0.2, 0.25) is 0 Å². The van der Waals surface area contributed by atoms with Gasteiger partial charge >= 0.3 is 0 Å². The number of nitrogens with one attached hydrogen (secondary N) is 1. The molecule has 2 heterocycles. The molecule has 0 unspecified atom stereocenters. The highest BCUT2D eigenvalue weighted by Crippen LogP contribution is 2.38. The van der Waals surface area contributed by atoms with Gasteiger partial charge in [0.25, 0.3) is 5.91 Å². The Kier molecular flexibility index (Phi) is 9.08. The van der Waals surface area contributed by atoms with Crippen LogP contribution in [0.15, 0.2) is 36.5 Å². The number of hydrogen-bond acceptors (Lipinski definition) is 2. The third-order valence-corrected chi connectivity index (χ3v) is 8.34. The molecular weight excluding hydrogens is 480 g/mol. The van der Waals surface area contributed by atoms with Crippen molar-refractivity contribution in [1.82, 2.24) is 19.7 Å². The molecule has 5 heteroatoms. The van der Waals surface area contributed by atoms with Crippen LogP contribution < -0.4 is 5.32 Å². The van der Waals surface area contributed by atoms with Crippen LogP contribution in [0.5, 0.6) is 0 Å². The third kappa shape index (κ3) is 6.67. The van der Waals surface area contributed by atoms with Crippen molar-refractivity contribution < 1.29 is 4.79 Å². The minimum Gasteiger partial charge on any atom is -0.352 e. The van der Waals surface area contributed by atoms with Gasteiger partial charge in [-0.3, -0.25) is 9.48 Å². The number of aromatic nitrogens is 3. The molecule has 1 aliphatic carbocycles. The monoisotopic (exact) mass is 530 g/mol. The zero-order valence-electron chi connectivity index (χ0n) is 25.6. The van der Waals surface area contributed by atoms with E-state index in [9.17, 15) is 4.79 Å². The summed E-state index contributed by atoms with van der Waals surface area (Å²) in [5.41, 5.74) is 7.85. The van der Waals surface area contributed by atoms with Gasteiger partial charge in [0.15, 0.2) is 0 Å². The van der Waals surface area contributed by atoms with E-state index in [0.717, 1.165) is 35.6 Å². The fourth-order valence-corrected chi connectivity index (χ4v) is 6.03. The Morgan fingerprint density at radius 2 is 1.74 bits per heavy atom. The molecule has 212 valence electrons. The highest BCUT2D eigenvalue weighted by Gasteiger charge is 2.26. The standard InChI is InChI=1S/C34H50N4O/c1-23(2)16-18-35-33(39)29-21-32(37(25(29)5)22-26-12-10-9-11-13-26)27-14-15-28(30(20-27)34(6,7)8)31-17-19-36-38(31)24(3)4/h14-15,17,19-21,23-24,26H,9-13,16,18,22H2,1-8H3,(H,35,39). The van der Waals surface area contributed by atoms with Gasteiger partial charge in [-0.2, -0.15) is 5.10 Å². The molecule has 4 rings (SSSR count). The minimum absolute atomic E-state index is 0.0466. The molecule has 0 bridgehead atoms. The average Bonchev–Trinajstić information content (AvgIpc) is 3.49. The molecule has 0 atom stereocenters. The van der Waals surface area contributed by atoms with Crippen molar-refractivity contribution >= 4 is 5.91 Å². The third-order valence-electron chi connectivity index (χ3n) is 8.34. The number of rotatable bonds is 9. The van der Waals surface area contributed by atoms with Gasteiger partial charge in [-0.25, -0.2) is 0 Å². The summed E-state index contributed by atoms with van der Waals surface area (Å²) < 4.78 is 4.55. The number of benzene rings is 1. The van der Waals surface area contributed by atoms with E-state index in [4.69, 9.17) is 0 Å². The Morgan fingerprint density at radius 1 is 1.03 bits per heavy atom. The minimum atomic E-state index is -0.0513. The van der Waals surface area contributed by atoms with E-state index in [1.807, 2.05) is 6.20 Å². The molecular formula is C34H50N4O. The van der Waals surface area contributed by atoms with Crippen LogP contribution in [0.4, 0.5) is 0 Å². The van der Waals surface area contributed by atoms with Crippen LogP contribution >= 0.6 is 0 Å². The van der Waals surface area contributed by atoms with E-state index in [-0.39, 0.29) is 17.4 Å². The predicted octanol–water partition coefficient (Wildman–Crippen LogP) is 8.56. The molecule has 1 aromatic carbocycles. The lowest BCUT2D eigenvalue weighted by molar-refractivity contribution is 0.0951. The molecule has 0 saturated heterocycles. The molecule has 1 aliphatic rings. The van der Waals surface area contributed by atoms with E-state index < -0.39 is 0 Å². The fraction of sp³-hybridized carbons (Fsp3) is 0.588. The lowest BCUT2D eigenvalue weighted by Gasteiger charge is -2.26. The summed E-state index contributed by atoms with van der Waals surface area (Å²) in [6.07, 6.45) is 9.42. The summed E-state index contributed by atoms with van der Waals surface area (Å²) in [7, 11) is 0. The summed E-state index contributed by atoms with van der Waals surface area (Å²) in [4.78, 5) is 13.3. The predicted molar refractivity (Wildman–Crippen MR) is 163 cm³/mol. The van der Waals surface area contributed by atoms with Crippen LogP contribution in [-0.4, -0.2) is 26.8 Å². The summed E-state index contributed by atoms with van der Waals surface area (Å²) in [5.74, 6) is 1.28. The van der Waals surface area contributed by atoms with Crippen molar-refractivity contribution in [2.45, 2.75) is 112 Å². The maximum Gasteiger partial charge on any atom is 0.253 e. The number of amides is 1. The Morgan fingerprint density at radius 3 is 2.38 bits per heavy atom. The molecule has 0 radical (unpaired) electrons. The second-order valence-corrected chi connectivity index (χ2v) is 13.3. The van der Waals surface area contributed by atoms with Crippen molar-refractivity contribution in [3.63, 3.8) is 0 Å². The van der Waals surface area contributed by atoms with Crippen LogP contribution in [0.3, 0.4) is 0 Å². The van der Waals surface area contributed by atoms with Gasteiger partial charge in [-0.1, -0.05) is 66.0 Å². The smallest absolute Gasteiger partial charge is 0.253 e. The molecule has 39 heavy (non-hydrogen) atoms. The lowest BCUT2D eigenvalue weighted by Crippen LogP contribution is -2.26. The molecule has 0 spiro atoms. The first-order valence-electron chi connectivity index (χ1n) is 15.1. The molecule has 0 aliphatic heterocycles. The van der Waals surface area contributed by atoms with Crippen molar-refractivity contribution in [1.29, 1.82) is 0 Å². The summed E-state index contributed by atoms with van der Waals surface area (Å²) >= 11 is 0. The van der Waals surface area contributed by atoms with Gasteiger partial charge in [-0.05, 0) is 86.6 Å². The van der Waals surface area contributed by atoms with Crippen LogP contribution in [-0.2, 0) is 12.0 Å². The number of carbonyl (C=O) groups is 1. The topological polar surface area (TPSA) is 51.9 Å². The summed E-state index contributed by atoms with van der Waals surface area (Å²) in [5, 5.41) is 7.80. The molecule has 5 nitrogen and oxygen atoms in total. The Labute approximate surface area is 236 Å². The number of carbonyl (C=O) groups excluding carboxylic acids is 1. The van der Waals surface area contributed by atoms with Crippen LogP contribution in [0, 0.1) is 18.8 Å². The molecule has 2 aromatic heterocycles. The van der Waals surface area contributed by atoms with E-state index in [1.165, 1.54) is 48.8 Å². The molecule has 3 aromatic rings. The summed E-state index contributed by atoms with van der Waals surface area (Å²) in [6.45, 7) is 19.4. The average molecular weight is 531 g/mol. The zero-order chi connectivity index (χ0) is 28.3. The molecule has 1 amide bonds. The lowest BCUT2D eigenvalue weighted by atomic mass is 9.81. The van der Waals surface area contributed by atoms with Crippen LogP contribution in [0.2, 0.25) is 0 Å². The SMILES string of the molecule is Cc1c(C(=O)NCCC(C)C)cc(-c2ccc(-c3ccnn3C(C)C)c(C(C)(C)C)c2)n1CC1CCCCC1. The van der Waals surface area contributed by atoms with Gasteiger partial charge in [-0.15, -0.1) is 0 Å². The summed E-state index contributed by atoms with van der Waals surface area (Å²) in [6, 6.07) is 11.4. The molecule has 1 fully saturated rings. The maximum absolute atomic E-state index is 13.3. The number of hydrogen-bond donors (Lipinski definition) is 1. The second kappa shape index (κ2) is 12.1. The first-order valence-corrected chi connectivity index (χ1v) is 15.1. The van der Waals surface area contributed by atoms with E-state index in [1.54, 1.807) is 0 Å². The Hall–Kier alpha value is -2.82. The quantitative estimate of drug-likeness (QED) is 0.301. The van der Waals surface area contributed by atoms with Gasteiger partial charge in [0, 0.05) is 42.3 Å². The normalized spacial score (nSPS) is 14.9. The fourth-order valence-electron chi connectivity index (χ4n) is 6.03. The first kappa shape index (κ1) is 29.2.